The van der Waals surface area contributed by atoms with E-state index in [0.717, 1.165) is 11.3 Å². The molecule has 0 amide bonds. The molecular weight excluding hydrogens is 234 g/mol. The first-order valence-corrected chi connectivity index (χ1v) is 6.18. The molecule has 2 heteroatoms. The molecule has 0 heterocycles. The topological polar surface area (TPSA) is 33.0 Å². The lowest BCUT2D eigenvalue weighted by atomic mass is 10.2. The van der Waals surface area contributed by atoms with Gasteiger partial charge in [0, 0.05) is 0 Å². The monoisotopic (exact) mass is 249 g/mol. The van der Waals surface area contributed by atoms with Crippen LogP contribution in [0.25, 0.3) is 6.08 Å². The van der Waals surface area contributed by atoms with Gasteiger partial charge in [0.1, 0.15) is 11.9 Å². The number of rotatable bonds is 4. The van der Waals surface area contributed by atoms with Crippen molar-refractivity contribution in [3.63, 3.8) is 0 Å². The van der Waals surface area contributed by atoms with Gasteiger partial charge in [-0.25, -0.2) is 0 Å². The Morgan fingerprint density at radius 1 is 1.05 bits per heavy atom. The van der Waals surface area contributed by atoms with Crippen molar-refractivity contribution in [2.24, 2.45) is 0 Å². The van der Waals surface area contributed by atoms with Crippen molar-refractivity contribution in [2.75, 3.05) is 0 Å². The third kappa shape index (κ3) is 4.01. The maximum atomic E-state index is 8.72. The third-order valence-electron chi connectivity index (χ3n) is 2.66. The fraction of sp³-hybridized carbons (Fsp3) is 0.118. The average Bonchev–Trinajstić information content (AvgIpc) is 2.47. The molecule has 0 unspecified atom stereocenters. The molecule has 0 aliphatic rings. The summed E-state index contributed by atoms with van der Waals surface area (Å²) < 4.78 is 5.74. The first-order valence-electron chi connectivity index (χ1n) is 6.18. The Morgan fingerprint density at radius 3 is 2.37 bits per heavy atom. The van der Waals surface area contributed by atoms with Crippen LogP contribution in [-0.4, -0.2) is 6.10 Å². The molecule has 0 N–H and O–H groups in total. The van der Waals surface area contributed by atoms with Crippen molar-refractivity contribution in [3.8, 4) is 11.8 Å². The maximum absolute atomic E-state index is 8.72. The molecule has 2 aromatic carbocycles. The lowest BCUT2D eigenvalue weighted by molar-refractivity contribution is 0.270. The van der Waals surface area contributed by atoms with Crippen LogP contribution in [0, 0.1) is 11.3 Å². The van der Waals surface area contributed by atoms with Crippen molar-refractivity contribution in [1.82, 2.24) is 0 Å². The largest absolute Gasteiger partial charge is 0.487 e. The Balaban J connectivity index is 1.95. The van der Waals surface area contributed by atoms with Crippen molar-refractivity contribution < 1.29 is 4.74 Å². The van der Waals surface area contributed by atoms with Gasteiger partial charge in [-0.15, -0.1) is 0 Å². The minimum atomic E-state index is -0.0202. The van der Waals surface area contributed by atoms with E-state index in [4.69, 9.17) is 10.00 Å². The quantitative estimate of drug-likeness (QED) is 0.819. The first-order chi connectivity index (χ1) is 9.28. The molecule has 0 bridgehead atoms. The number of hydrogen-bond donors (Lipinski definition) is 0. The summed E-state index contributed by atoms with van der Waals surface area (Å²) in [6.07, 6.45) is 4.02. The molecule has 0 fully saturated rings. The molecule has 2 aromatic rings. The average molecular weight is 249 g/mol. The van der Waals surface area contributed by atoms with E-state index in [-0.39, 0.29) is 6.10 Å². The zero-order chi connectivity index (χ0) is 13.5. The molecule has 0 aliphatic carbocycles. The summed E-state index contributed by atoms with van der Waals surface area (Å²) in [5.41, 5.74) is 1.79. The molecule has 0 saturated carbocycles. The predicted octanol–water partition coefficient (Wildman–Crippen LogP) is 4.04. The van der Waals surface area contributed by atoms with Crippen LogP contribution in [0.15, 0.2) is 60.7 Å². The Bertz CT molecular complexity index is 579. The van der Waals surface area contributed by atoms with E-state index in [1.807, 2.05) is 61.5 Å². The standard InChI is InChI=1S/C17H15NO/c1-14(7-8-15-5-3-2-4-6-15)19-17-11-9-16(13-18)10-12-17/h2-12,14H,1H3/b8-7+/t14-/m0/s1. The van der Waals surface area contributed by atoms with E-state index >= 15 is 0 Å². The Hall–Kier alpha value is -2.53. The summed E-state index contributed by atoms with van der Waals surface area (Å²) in [6.45, 7) is 1.98. The second-order valence-corrected chi connectivity index (χ2v) is 4.23. The van der Waals surface area contributed by atoms with Crippen LogP contribution < -0.4 is 4.74 Å². The summed E-state index contributed by atoms with van der Waals surface area (Å²) in [5.74, 6) is 0.768. The molecule has 0 radical (unpaired) electrons. The maximum Gasteiger partial charge on any atom is 0.120 e. The van der Waals surface area contributed by atoms with Gasteiger partial charge in [-0.1, -0.05) is 36.4 Å². The molecule has 94 valence electrons. The van der Waals surface area contributed by atoms with Crippen molar-refractivity contribution >= 4 is 6.08 Å². The fourth-order valence-corrected chi connectivity index (χ4v) is 1.67. The summed E-state index contributed by atoms with van der Waals surface area (Å²) in [7, 11) is 0. The highest BCUT2D eigenvalue weighted by atomic mass is 16.5. The van der Waals surface area contributed by atoms with Gasteiger partial charge in [-0.2, -0.15) is 5.26 Å². The molecule has 0 saturated heterocycles. The highest BCUT2D eigenvalue weighted by molar-refractivity contribution is 5.49. The molecule has 2 nitrogen and oxygen atoms in total. The Morgan fingerprint density at radius 2 is 1.74 bits per heavy atom. The predicted molar refractivity (Wildman–Crippen MR) is 76.7 cm³/mol. The van der Waals surface area contributed by atoms with Crippen molar-refractivity contribution in [2.45, 2.75) is 13.0 Å². The molecular formula is C17H15NO. The van der Waals surface area contributed by atoms with Crippen molar-refractivity contribution in [3.05, 3.63) is 71.8 Å². The van der Waals surface area contributed by atoms with Gasteiger partial charge in [0.15, 0.2) is 0 Å². The van der Waals surface area contributed by atoms with Gasteiger partial charge >= 0.3 is 0 Å². The zero-order valence-corrected chi connectivity index (χ0v) is 10.8. The smallest absolute Gasteiger partial charge is 0.120 e. The number of nitriles is 1. The number of nitrogens with zero attached hydrogens (tertiary/aromatic N) is 1. The summed E-state index contributed by atoms with van der Waals surface area (Å²) in [5, 5.41) is 8.72. The zero-order valence-electron chi connectivity index (χ0n) is 10.8. The normalized spacial score (nSPS) is 12.0. The van der Waals surface area contributed by atoms with E-state index in [2.05, 4.69) is 6.07 Å². The van der Waals surface area contributed by atoms with E-state index in [1.165, 1.54) is 0 Å². The molecule has 0 aliphatic heterocycles. The van der Waals surface area contributed by atoms with E-state index in [0.29, 0.717) is 5.56 Å². The second-order valence-electron chi connectivity index (χ2n) is 4.23. The van der Waals surface area contributed by atoms with Gasteiger partial charge in [0.25, 0.3) is 0 Å². The van der Waals surface area contributed by atoms with Crippen LogP contribution in [0.3, 0.4) is 0 Å². The van der Waals surface area contributed by atoms with Crippen LogP contribution in [0.1, 0.15) is 18.1 Å². The van der Waals surface area contributed by atoms with E-state index in [9.17, 15) is 0 Å². The molecule has 2 rings (SSSR count). The number of hydrogen-bond acceptors (Lipinski definition) is 2. The molecule has 19 heavy (non-hydrogen) atoms. The summed E-state index contributed by atoms with van der Waals surface area (Å²) in [4.78, 5) is 0. The lowest BCUT2D eigenvalue weighted by Crippen LogP contribution is -2.07. The Labute approximate surface area is 113 Å². The second kappa shape index (κ2) is 6.42. The van der Waals surface area contributed by atoms with E-state index < -0.39 is 0 Å². The van der Waals surface area contributed by atoms with Crippen LogP contribution in [0.4, 0.5) is 0 Å². The van der Waals surface area contributed by atoms with Crippen LogP contribution >= 0.6 is 0 Å². The van der Waals surface area contributed by atoms with Gasteiger partial charge in [-0.3, -0.25) is 0 Å². The van der Waals surface area contributed by atoms with Crippen LogP contribution in [0.5, 0.6) is 5.75 Å². The Kier molecular flexibility index (Phi) is 4.36. The van der Waals surface area contributed by atoms with Gasteiger partial charge < -0.3 is 4.74 Å². The SMILES string of the molecule is C[C@@H](/C=C/c1ccccc1)Oc1ccc(C#N)cc1. The third-order valence-corrected chi connectivity index (χ3v) is 2.66. The number of benzene rings is 2. The summed E-state index contributed by atoms with van der Waals surface area (Å²) >= 11 is 0. The van der Waals surface area contributed by atoms with Gasteiger partial charge in [-0.05, 0) is 42.8 Å². The molecule has 1 atom stereocenters. The minimum Gasteiger partial charge on any atom is -0.487 e. The van der Waals surface area contributed by atoms with Gasteiger partial charge in [0.05, 0.1) is 11.6 Å². The minimum absolute atomic E-state index is 0.0202. The van der Waals surface area contributed by atoms with Crippen LogP contribution in [0.2, 0.25) is 0 Å². The van der Waals surface area contributed by atoms with Crippen LogP contribution in [-0.2, 0) is 0 Å². The highest BCUT2D eigenvalue weighted by Gasteiger charge is 1.99. The highest BCUT2D eigenvalue weighted by Crippen LogP contribution is 2.14. The molecule has 0 spiro atoms. The summed E-state index contributed by atoms with van der Waals surface area (Å²) in [6, 6.07) is 19.3. The van der Waals surface area contributed by atoms with E-state index in [1.54, 1.807) is 12.1 Å². The first kappa shape index (κ1) is 12.9. The lowest BCUT2D eigenvalue weighted by Gasteiger charge is -2.10. The number of ether oxygens (including phenoxy) is 1. The fourth-order valence-electron chi connectivity index (χ4n) is 1.67. The molecule has 0 aromatic heterocycles. The van der Waals surface area contributed by atoms with Crippen molar-refractivity contribution in [1.29, 1.82) is 5.26 Å². The van der Waals surface area contributed by atoms with Gasteiger partial charge in [0.2, 0.25) is 0 Å².